The largest absolute Gasteiger partial charge is 0.756 e. The molecule has 8 nitrogen and oxygen atoms in total. The lowest BCUT2D eigenvalue weighted by atomic mass is 10.0. The van der Waals surface area contributed by atoms with Crippen LogP contribution in [0.3, 0.4) is 0 Å². The molecule has 0 aliphatic rings. The molecule has 0 saturated heterocycles. The zero-order chi connectivity index (χ0) is 61.2. The number of allylic oxidation sites excluding steroid dienone is 9. The van der Waals surface area contributed by atoms with Crippen LogP contribution in [0.25, 0.3) is 0 Å². The molecule has 0 aromatic heterocycles. The third kappa shape index (κ3) is 67.7. The molecule has 0 bridgehead atoms. The van der Waals surface area contributed by atoms with Gasteiger partial charge in [-0.3, -0.25) is 9.36 Å². The summed E-state index contributed by atoms with van der Waals surface area (Å²) in [4.78, 5) is 25.6. The van der Waals surface area contributed by atoms with Gasteiger partial charge in [0.1, 0.15) is 13.2 Å². The van der Waals surface area contributed by atoms with Crippen LogP contribution in [0.2, 0.25) is 0 Å². The smallest absolute Gasteiger partial charge is 0.268 e. The molecule has 0 aromatic carbocycles. The highest BCUT2D eigenvalue weighted by atomic mass is 31.2. The fourth-order valence-corrected chi connectivity index (χ4v) is 11.8. The number of carbonyl (C=O) groups excluding carboxylic acids is 1. The molecule has 9 heteroatoms. The molecule has 0 radical (unpaired) electrons. The van der Waals surface area contributed by atoms with Crippen molar-refractivity contribution in [2.75, 3.05) is 40.9 Å². The highest BCUT2D eigenvalue weighted by Gasteiger charge is 2.23. The fourth-order valence-electron chi connectivity index (χ4n) is 11.1. The van der Waals surface area contributed by atoms with E-state index in [1.807, 2.05) is 27.2 Å². The zero-order valence-electron chi connectivity index (χ0n) is 56.6. The summed E-state index contributed by atoms with van der Waals surface area (Å²) >= 11 is 0. The molecule has 0 saturated carbocycles. The highest BCUT2D eigenvalue weighted by molar-refractivity contribution is 7.45. The van der Waals surface area contributed by atoms with Crippen LogP contribution in [0, 0.1) is 0 Å². The minimum Gasteiger partial charge on any atom is -0.756 e. The lowest BCUT2D eigenvalue weighted by molar-refractivity contribution is -0.870. The van der Waals surface area contributed by atoms with Crippen molar-refractivity contribution in [3.63, 3.8) is 0 Å². The van der Waals surface area contributed by atoms with Gasteiger partial charge in [-0.05, 0) is 57.8 Å². The number of quaternary nitrogens is 1. The second-order valence-corrected chi connectivity index (χ2v) is 27.7. The summed E-state index contributed by atoms with van der Waals surface area (Å²) in [5, 5.41) is 14.0. The summed E-state index contributed by atoms with van der Waals surface area (Å²) < 4.78 is 23.5. The topological polar surface area (TPSA) is 108 Å². The summed E-state index contributed by atoms with van der Waals surface area (Å²) in [6.45, 7) is 4.59. The number of nitrogens with one attached hydrogen (secondary N) is 1. The molecule has 0 aliphatic heterocycles. The minimum atomic E-state index is -4.60. The van der Waals surface area contributed by atoms with Gasteiger partial charge in [0.2, 0.25) is 5.91 Å². The number of aliphatic hydroxyl groups excluding tert-OH is 1. The van der Waals surface area contributed by atoms with E-state index in [2.05, 4.69) is 67.8 Å². The Kier molecular flexibility index (Phi) is 64.2. The fraction of sp³-hybridized carbons (Fsp3) is 0.853. The van der Waals surface area contributed by atoms with Crippen LogP contribution in [0.1, 0.15) is 361 Å². The number of amides is 1. The number of unbranched alkanes of at least 4 members (excludes halogenated alkanes) is 47. The van der Waals surface area contributed by atoms with Gasteiger partial charge in [0.15, 0.2) is 0 Å². The van der Waals surface area contributed by atoms with Gasteiger partial charge in [-0.25, -0.2) is 0 Å². The molecule has 1 amide bonds. The van der Waals surface area contributed by atoms with E-state index < -0.39 is 20.0 Å². The van der Waals surface area contributed by atoms with Crippen LogP contribution in [0.4, 0.5) is 0 Å². The number of phosphoric ester groups is 1. The van der Waals surface area contributed by atoms with Crippen LogP contribution < -0.4 is 10.2 Å². The van der Waals surface area contributed by atoms with E-state index in [4.69, 9.17) is 9.05 Å². The van der Waals surface area contributed by atoms with Crippen LogP contribution >= 0.6 is 7.82 Å². The van der Waals surface area contributed by atoms with E-state index in [9.17, 15) is 19.4 Å². The monoisotopic (exact) mass is 1200 g/mol. The van der Waals surface area contributed by atoms with Crippen molar-refractivity contribution in [3.05, 3.63) is 60.8 Å². The Morgan fingerprint density at radius 3 is 1.06 bits per heavy atom. The quantitative estimate of drug-likeness (QED) is 0.0272. The van der Waals surface area contributed by atoms with E-state index in [1.165, 1.54) is 276 Å². The number of hydrogen-bond donors (Lipinski definition) is 2. The molecule has 0 aliphatic carbocycles. The van der Waals surface area contributed by atoms with Gasteiger partial charge in [0.05, 0.1) is 39.9 Å². The molecule has 3 unspecified atom stereocenters. The Morgan fingerprint density at radius 2 is 0.726 bits per heavy atom. The van der Waals surface area contributed by atoms with Gasteiger partial charge in [-0.1, -0.05) is 357 Å². The summed E-state index contributed by atoms with van der Waals surface area (Å²) in [7, 11) is 1.28. The Balaban J connectivity index is 3.94. The average Bonchev–Trinajstić information content (AvgIpc) is 3.56. The third-order valence-electron chi connectivity index (χ3n) is 16.7. The van der Waals surface area contributed by atoms with Gasteiger partial charge in [0, 0.05) is 6.42 Å². The first-order chi connectivity index (χ1) is 41.0. The van der Waals surface area contributed by atoms with E-state index >= 15 is 0 Å². The number of carbonyl (C=O) groups is 1. The van der Waals surface area contributed by atoms with Crippen molar-refractivity contribution < 1.29 is 32.9 Å². The molecule has 0 heterocycles. The second kappa shape index (κ2) is 65.6. The van der Waals surface area contributed by atoms with Crippen molar-refractivity contribution >= 4 is 13.7 Å². The maximum Gasteiger partial charge on any atom is 0.268 e. The van der Waals surface area contributed by atoms with E-state index in [1.54, 1.807) is 6.08 Å². The van der Waals surface area contributed by atoms with Gasteiger partial charge >= 0.3 is 0 Å². The summed E-state index contributed by atoms with van der Waals surface area (Å²) in [6.07, 6.45) is 90.8. The maximum absolute atomic E-state index is 13.0. The molecular weight excluding hydrogens is 1060 g/mol. The molecule has 0 aromatic rings. The van der Waals surface area contributed by atoms with Crippen LogP contribution in [0.5, 0.6) is 0 Å². The van der Waals surface area contributed by atoms with Crippen LogP contribution in [0.15, 0.2) is 60.8 Å². The maximum atomic E-state index is 13.0. The third-order valence-corrected chi connectivity index (χ3v) is 17.7. The van der Waals surface area contributed by atoms with Gasteiger partial charge in [0.25, 0.3) is 7.82 Å². The zero-order valence-corrected chi connectivity index (χ0v) is 57.5. The number of rotatable bonds is 68. The molecule has 0 rings (SSSR count). The van der Waals surface area contributed by atoms with E-state index in [0.717, 1.165) is 64.2 Å². The molecule has 2 N–H and O–H groups in total. The summed E-state index contributed by atoms with van der Waals surface area (Å²) in [5.41, 5.74) is 0. The normalized spacial score (nSPS) is 13.9. The predicted molar refractivity (Wildman–Crippen MR) is 367 cm³/mol. The number of aliphatic hydroxyl groups is 1. The van der Waals surface area contributed by atoms with Crippen molar-refractivity contribution in [2.45, 2.75) is 373 Å². The first-order valence-corrected chi connectivity index (χ1v) is 38.1. The molecular formula is C75H143N2O6P. The van der Waals surface area contributed by atoms with Crippen molar-refractivity contribution in [1.82, 2.24) is 5.32 Å². The number of likely N-dealkylation sites (N-methyl/N-ethyl adjacent to an activating group) is 1. The van der Waals surface area contributed by atoms with Crippen molar-refractivity contribution in [1.29, 1.82) is 0 Å². The van der Waals surface area contributed by atoms with Gasteiger partial charge in [-0.2, -0.15) is 0 Å². The molecule has 0 spiro atoms. The van der Waals surface area contributed by atoms with Crippen molar-refractivity contribution in [2.24, 2.45) is 0 Å². The van der Waals surface area contributed by atoms with Crippen LogP contribution in [-0.4, -0.2) is 68.5 Å². The molecule has 0 fully saturated rings. The molecule has 494 valence electrons. The highest BCUT2D eigenvalue weighted by Crippen LogP contribution is 2.38. The second-order valence-electron chi connectivity index (χ2n) is 26.3. The SMILES string of the molecule is CC/C=C\C/C=C\C/C=C\C/C=C\CCCCCCCCCCCCCCCCCCCCCCCCCCCCC(=O)NC(COP(=O)([O-])OCC[N+](C)(C)C)C(O)/C=C/CCCCCCCCCCCCCCCCCCCCCCC. The lowest BCUT2D eigenvalue weighted by Crippen LogP contribution is -2.45. The first kappa shape index (κ1) is 82.2. The molecule has 3 atom stereocenters. The Morgan fingerprint density at radius 1 is 0.429 bits per heavy atom. The van der Waals surface area contributed by atoms with E-state index in [-0.39, 0.29) is 19.1 Å². The Hall–Kier alpha value is -1.80. The summed E-state index contributed by atoms with van der Waals surface area (Å²) in [6, 6.07) is -0.887. The number of nitrogens with zero attached hydrogens (tertiary/aromatic N) is 1. The Labute approximate surface area is 523 Å². The van der Waals surface area contributed by atoms with E-state index in [0.29, 0.717) is 17.4 Å². The standard InChI is InChI=1S/C75H143N2O6P/c1-6-8-10-12-14-16-18-20-22-24-26-28-30-31-32-33-34-35-36-37-38-39-40-41-42-43-44-45-47-49-51-53-55-57-59-61-63-65-67-69-75(79)76-73(72-83-84(80,81)82-71-70-77(3,4)5)74(78)68-66-64-62-60-58-56-54-52-50-48-46-29-27-25-23-21-19-17-15-13-11-9-7-2/h8,10,14,16,20,22,26,28,66,68,73-74,78H,6-7,9,11-13,15,17-19,21,23-25,27,29-65,67,69-72H2,1-5H3,(H-,76,79,80,81)/b10-8-,16-14-,22-20-,28-26-,68-66+. The Bertz CT molecular complexity index is 1550. The average molecular weight is 1200 g/mol. The number of hydrogen-bond acceptors (Lipinski definition) is 6. The van der Waals surface area contributed by atoms with Gasteiger partial charge < -0.3 is 28.8 Å². The minimum absolute atomic E-state index is 0.000721. The lowest BCUT2D eigenvalue weighted by Gasteiger charge is -2.29. The summed E-state index contributed by atoms with van der Waals surface area (Å²) in [5.74, 6) is -0.190. The van der Waals surface area contributed by atoms with Crippen LogP contribution in [-0.2, 0) is 18.4 Å². The van der Waals surface area contributed by atoms with Crippen molar-refractivity contribution in [3.8, 4) is 0 Å². The number of phosphoric acid groups is 1. The predicted octanol–water partition coefficient (Wildman–Crippen LogP) is 22.9. The first-order valence-electron chi connectivity index (χ1n) is 36.7. The van der Waals surface area contributed by atoms with Gasteiger partial charge in [-0.15, -0.1) is 0 Å². The molecule has 84 heavy (non-hydrogen) atoms.